The van der Waals surface area contributed by atoms with E-state index in [1.165, 1.54) is 17.4 Å². The summed E-state index contributed by atoms with van der Waals surface area (Å²) in [5, 5.41) is 0.248. The number of carbonyl (C=O) groups excluding carboxylic acids is 1. The smallest absolute Gasteiger partial charge is 0.429 e. The maximum Gasteiger partial charge on any atom is 0.429 e. The molecule has 0 fully saturated rings. The molecular weight excluding hydrogens is 453 g/mol. The number of anilines is 1. The Bertz CT molecular complexity index is 1130. The summed E-state index contributed by atoms with van der Waals surface area (Å²) in [7, 11) is 0. The lowest BCUT2D eigenvalue weighted by molar-refractivity contribution is 0.164. The van der Waals surface area contributed by atoms with Crippen molar-refractivity contribution in [1.82, 2.24) is 9.55 Å². The van der Waals surface area contributed by atoms with Crippen molar-refractivity contribution in [1.29, 1.82) is 0 Å². The molecule has 7 nitrogen and oxygen atoms in total. The second kappa shape index (κ2) is 10.4. The minimum atomic E-state index is -2.64. The predicted octanol–water partition coefficient (Wildman–Crippen LogP) is 5.41. The zero-order chi connectivity index (χ0) is 23.4. The Balaban J connectivity index is 2.04. The SMILES string of the molecule is CCOC(=O)N(c1sc(CC(C)C)cc1-c1ccc(Cn2ccnc2C)c(F)c1)S(=O)O. The molecule has 1 amide bonds. The largest absolute Gasteiger partial charge is 0.449 e. The van der Waals surface area contributed by atoms with Crippen molar-refractivity contribution in [2.45, 2.75) is 40.7 Å². The molecule has 1 N–H and O–H groups in total. The van der Waals surface area contributed by atoms with Crippen LogP contribution in [-0.2, 0) is 29.0 Å². The molecule has 1 atom stereocenters. The van der Waals surface area contributed by atoms with Gasteiger partial charge in [0, 0.05) is 28.4 Å². The maximum absolute atomic E-state index is 15.0. The van der Waals surface area contributed by atoms with Gasteiger partial charge >= 0.3 is 6.09 Å². The summed E-state index contributed by atoms with van der Waals surface area (Å²) in [5.74, 6) is 0.705. The third kappa shape index (κ3) is 5.43. The number of aryl methyl sites for hydroxylation is 1. The van der Waals surface area contributed by atoms with E-state index in [4.69, 9.17) is 4.74 Å². The van der Waals surface area contributed by atoms with Crippen LogP contribution in [0.25, 0.3) is 11.1 Å². The van der Waals surface area contributed by atoms with Crippen molar-refractivity contribution in [2.75, 3.05) is 10.9 Å². The van der Waals surface area contributed by atoms with E-state index in [0.29, 0.717) is 39.9 Å². The number of hydrogen-bond donors (Lipinski definition) is 1. The third-order valence-corrected chi connectivity index (χ3v) is 6.68. The van der Waals surface area contributed by atoms with Gasteiger partial charge in [0.25, 0.3) is 11.3 Å². The number of imidazole rings is 1. The first kappa shape index (κ1) is 24.1. The van der Waals surface area contributed by atoms with E-state index >= 15 is 4.39 Å². The van der Waals surface area contributed by atoms with Gasteiger partial charge in [-0.2, -0.15) is 4.31 Å². The lowest BCUT2D eigenvalue weighted by Gasteiger charge is -2.17. The first-order valence-corrected chi connectivity index (χ1v) is 12.1. The van der Waals surface area contributed by atoms with Crippen LogP contribution in [-0.4, -0.2) is 31.0 Å². The van der Waals surface area contributed by atoms with Crippen LogP contribution in [0.3, 0.4) is 0 Å². The van der Waals surface area contributed by atoms with Crippen LogP contribution < -0.4 is 4.31 Å². The van der Waals surface area contributed by atoms with E-state index < -0.39 is 23.2 Å². The lowest BCUT2D eigenvalue weighted by atomic mass is 10.0. The van der Waals surface area contributed by atoms with Gasteiger partial charge in [0.15, 0.2) is 0 Å². The van der Waals surface area contributed by atoms with Crippen molar-refractivity contribution in [3.63, 3.8) is 0 Å². The minimum Gasteiger partial charge on any atom is -0.449 e. The van der Waals surface area contributed by atoms with Crippen LogP contribution >= 0.6 is 11.3 Å². The van der Waals surface area contributed by atoms with Gasteiger partial charge in [0.1, 0.15) is 16.6 Å². The summed E-state index contributed by atoms with van der Waals surface area (Å²) < 4.78 is 44.4. The molecule has 0 spiro atoms. The highest BCUT2D eigenvalue weighted by molar-refractivity contribution is 7.82. The van der Waals surface area contributed by atoms with E-state index in [1.54, 1.807) is 31.5 Å². The normalized spacial score (nSPS) is 12.2. The number of rotatable bonds is 8. The van der Waals surface area contributed by atoms with Crippen molar-refractivity contribution in [3.05, 3.63) is 58.7 Å². The average Bonchev–Trinajstić information content (AvgIpc) is 3.29. The number of halogens is 1. The van der Waals surface area contributed by atoms with Crippen LogP contribution in [0.4, 0.5) is 14.2 Å². The van der Waals surface area contributed by atoms with Crippen LogP contribution in [0.5, 0.6) is 0 Å². The first-order valence-electron chi connectivity index (χ1n) is 10.2. The van der Waals surface area contributed by atoms with Crippen molar-refractivity contribution in [2.24, 2.45) is 5.92 Å². The van der Waals surface area contributed by atoms with Crippen LogP contribution in [0.15, 0.2) is 36.7 Å². The Morgan fingerprint density at radius 2 is 2.12 bits per heavy atom. The summed E-state index contributed by atoms with van der Waals surface area (Å²) in [6.45, 7) is 7.97. The molecule has 172 valence electrons. The molecule has 0 saturated heterocycles. The Morgan fingerprint density at radius 1 is 1.38 bits per heavy atom. The average molecular weight is 480 g/mol. The Hall–Kier alpha value is -2.56. The van der Waals surface area contributed by atoms with Gasteiger partial charge in [-0.3, -0.25) is 4.55 Å². The van der Waals surface area contributed by atoms with Gasteiger partial charge in [-0.05, 0) is 43.9 Å². The molecule has 0 aliphatic carbocycles. The quantitative estimate of drug-likeness (QED) is 0.437. The fourth-order valence-electron chi connectivity index (χ4n) is 3.29. The second-order valence-corrected chi connectivity index (χ2v) is 9.60. The van der Waals surface area contributed by atoms with E-state index in [1.807, 2.05) is 17.6 Å². The van der Waals surface area contributed by atoms with Gasteiger partial charge < -0.3 is 9.30 Å². The molecule has 1 aromatic carbocycles. The fraction of sp³-hybridized carbons (Fsp3) is 0.364. The minimum absolute atomic E-state index is 0.0586. The molecule has 2 aromatic heterocycles. The summed E-state index contributed by atoms with van der Waals surface area (Å²) in [4.78, 5) is 17.5. The number of amides is 1. The summed E-state index contributed by atoms with van der Waals surface area (Å²) in [5.41, 5.74) is 1.50. The van der Waals surface area contributed by atoms with Crippen LogP contribution in [0.1, 0.15) is 37.0 Å². The number of aromatic nitrogens is 2. The van der Waals surface area contributed by atoms with Gasteiger partial charge in [-0.1, -0.05) is 26.0 Å². The summed E-state index contributed by atoms with van der Waals surface area (Å²) in [6, 6.07) is 6.65. The molecule has 32 heavy (non-hydrogen) atoms. The van der Waals surface area contributed by atoms with Gasteiger partial charge in [-0.15, -0.1) is 11.3 Å². The molecule has 3 rings (SSSR count). The third-order valence-electron chi connectivity index (χ3n) is 4.78. The maximum atomic E-state index is 15.0. The Labute approximate surface area is 193 Å². The van der Waals surface area contributed by atoms with E-state index in [2.05, 4.69) is 18.8 Å². The van der Waals surface area contributed by atoms with Gasteiger partial charge in [0.2, 0.25) is 0 Å². The number of ether oxygens (including phenoxy) is 1. The number of nitrogens with zero attached hydrogens (tertiary/aromatic N) is 3. The fourth-order valence-corrected chi connectivity index (χ4v) is 5.30. The summed E-state index contributed by atoms with van der Waals surface area (Å²) in [6.07, 6.45) is 3.23. The molecule has 0 saturated carbocycles. The van der Waals surface area contributed by atoms with Gasteiger partial charge in [-0.25, -0.2) is 18.4 Å². The van der Waals surface area contributed by atoms with Crippen LogP contribution in [0, 0.1) is 18.7 Å². The number of carbonyl (C=O) groups is 1. The molecule has 1 unspecified atom stereocenters. The van der Waals surface area contributed by atoms with Gasteiger partial charge in [0.05, 0.1) is 13.2 Å². The topological polar surface area (TPSA) is 84.7 Å². The molecule has 2 heterocycles. The molecule has 0 aliphatic rings. The Kier molecular flexibility index (Phi) is 7.81. The zero-order valence-electron chi connectivity index (χ0n) is 18.4. The number of hydrogen-bond acceptors (Lipinski definition) is 5. The van der Waals surface area contributed by atoms with Crippen molar-refractivity contribution in [3.8, 4) is 11.1 Å². The molecule has 0 aliphatic heterocycles. The standard InChI is InChI=1S/C22H26FN3O4S2/c1-5-30-22(27)26(32(28)29)21-19(12-18(31-21)10-14(2)3)16-6-7-17(20(23)11-16)13-25-9-8-24-15(25)4/h6-9,11-12,14H,5,10,13H2,1-4H3,(H,28,29). The van der Waals surface area contributed by atoms with E-state index in [0.717, 1.165) is 10.7 Å². The van der Waals surface area contributed by atoms with E-state index in [-0.39, 0.29) is 11.6 Å². The zero-order valence-corrected chi connectivity index (χ0v) is 20.0. The predicted molar refractivity (Wildman–Crippen MR) is 125 cm³/mol. The second-order valence-electron chi connectivity index (χ2n) is 7.66. The molecule has 10 heteroatoms. The Morgan fingerprint density at radius 3 is 2.69 bits per heavy atom. The number of benzene rings is 1. The number of thiophene rings is 1. The monoisotopic (exact) mass is 479 g/mol. The lowest BCUT2D eigenvalue weighted by Crippen LogP contribution is -2.32. The van der Waals surface area contributed by atoms with E-state index in [9.17, 15) is 13.6 Å². The molecule has 0 bridgehead atoms. The molecule has 0 radical (unpaired) electrons. The highest BCUT2D eigenvalue weighted by Crippen LogP contribution is 2.41. The van der Waals surface area contributed by atoms with Crippen molar-refractivity contribution >= 4 is 33.7 Å². The highest BCUT2D eigenvalue weighted by Gasteiger charge is 2.29. The molecular formula is C22H26FN3O4S2. The van der Waals surface area contributed by atoms with Crippen LogP contribution in [0.2, 0.25) is 0 Å². The molecule has 3 aromatic rings. The summed E-state index contributed by atoms with van der Waals surface area (Å²) >= 11 is -1.41. The van der Waals surface area contributed by atoms with Crippen molar-refractivity contribution < 1.29 is 22.7 Å². The highest BCUT2D eigenvalue weighted by atomic mass is 32.2. The first-order chi connectivity index (χ1) is 15.2.